The van der Waals surface area contributed by atoms with Crippen molar-refractivity contribution < 1.29 is 4.74 Å². The van der Waals surface area contributed by atoms with Crippen molar-refractivity contribution in [3.8, 4) is 0 Å². The zero-order chi connectivity index (χ0) is 20.1. The van der Waals surface area contributed by atoms with Crippen LogP contribution in [-0.2, 0) is 4.74 Å². The molecule has 7 unspecified atom stereocenters. The summed E-state index contributed by atoms with van der Waals surface area (Å²) in [5.74, 6) is 3.93. The standard InChI is InChI=1S/C26H43NO/c1-15(2)18-7-8-19-22-20(10-12-25(18,19)5)26(6)11-9-16(27)13-21(26)17-14-24(3,4)28-23(17)22/h16-17,19-23H,7-14,27H2,1-6H3/t16-,17-,19?,20?,21?,22?,23?,25?,26?/m1/s1. The second-order valence-electron chi connectivity index (χ2n) is 12.6. The van der Waals surface area contributed by atoms with Crippen LogP contribution < -0.4 is 5.73 Å². The maximum absolute atomic E-state index is 6.94. The van der Waals surface area contributed by atoms with Crippen LogP contribution in [0.5, 0.6) is 0 Å². The third kappa shape index (κ3) is 2.52. The zero-order valence-electron chi connectivity index (χ0n) is 19.2. The van der Waals surface area contributed by atoms with E-state index in [1.54, 1.807) is 11.1 Å². The third-order valence-corrected chi connectivity index (χ3v) is 10.5. The molecule has 2 nitrogen and oxygen atoms in total. The van der Waals surface area contributed by atoms with Gasteiger partial charge in [-0.25, -0.2) is 0 Å². The van der Waals surface area contributed by atoms with Gasteiger partial charge in [-0.2, -0.15) is 0 Å². The molecule has 0 spiro atoms. The quantitative estimate of drug-likeness (QED) is 0.512. The van der Waals surface area contributed by atoms with E-state index in [1.807, 2.05) is 0 Å². The summed E-state index contributed by atoms with van der Waals surface area (Å²) in [5.41, 5.74) is 10.9. The van der Waals surface area contributed by atoms with Crippen LogP contribution in [0, 0.1) is 40.4 Å². The van der Waals surface area contributed by atoms with Crippen molar-refractivity contribution in [1.29, 1.82) is 0 Å². The van der Waals surface area contributed by atoms with Crippen molar-refractivity contribution in [1.82, 2.24) is 0 Å². The summed E-state index contributed by atoms with van der Waals surface area (Å²) in [7, 11) is 0. The molecule has 2 N–H and O–H groups in total. The molecule has 0 amide bonds. The van der Waals surface area contributed by atoms with Gasteiger partial charge in [0.2, 0.25) is 0 Å². The lowest BCUT2D eigenvalue weighted by Gasteiger charge is -2.64. The van der Waals surface area contributed by atoms with Crippen molar-refractivity contribution in [3.63, 3.8) is 0 Å². The second kappa shape index (κ2) is 6.10. The van der Waals surface area contributed by atoms with E-state index in [0.717, 1.165) is 29.6 Å². The van der Waals surface area contributed by atoms with Gasteiger partial charge in [-0.3, -0.25) is 0 Å². The van der Waals surface area contributed by atoms with Gasteiger partial charge in [-0.05, 0) is 119 Å². The number of rotatable bonds is 0. The number of hydrogen-bond donors (Lipinski definition) is 1. The van der Waals surface area contributed by atoms with Crippen LogP contribution in [-0.4, -0.2) is 17.7 Å². The Kier molecular flexibility index (Phi) is 4.27. The largest absolute Gasteiger partial charge is 0.372 e. The molecule has 0 aromatic rings. The lowest BCUT2D eigenvalue weighted by atomic mass is 9.42. The van der Waals surface area contributed by atoms with Gasteiger partial charge in [-0.1, -0.05) is 25.0 Å². The van der Waals surface area contributed by atoms with Crippen LogP contribution in [0.4, 0.5) is 0 Å². The average molecular weight is 386 g/mol. The molecule has 28 heavy (non-hydrogen) atoms. The monoisotopic (exact) mass is 385 g/mol. The normalized spacial score (nSPS) is 54.5. The lowest BCUT2D eigenvalue weighted by molar-refractivity contribution is -0.187. The van der Waals surface area contributed by atoms with E-state index in [4.69, 9.17) is 10.5 Å². The fourth-order valence-corrected chi connectivity index (χ4v) is 9.50. The summed E-state index contributed by atoms with van der Waals surface area (Å²) in [4.78, 5) is 0. The zero-order valence-corrected chi connectivity index (χ0v) is 19.2. The Bertz CT molecular complexity index is 691. The number of nitrogens with two attached hydrogens (primary N) is 1. The predicted molar refractivity (Wildman–Crippen MR) is 116 cm³/mol. The molecule has 4 saturated carbocycles. The Morgan fingerprint density at radius 2 is 1.71 bits per heavy atom. The summed E-state index contributed by atoms with van der Waals surface area (Å²) in [5, 5.41) is 0. The van der Waals surface area contributed by atoms with E-state index in [-0.39, 0.29) is 5.60 Å². The van der Waals surface area contributed by atoms with Crippen LogP contribution in [0.3, 0.4) is 0 Å². The van der Waals surface area contributed by atoms with Gasteiger partial charge in [0.25, 0.3) is 0 Å². The van der Waals surface area contributed by atoms with Crippen LogP contribution in [0.25, 0.3) is 0 Å². The van der Waals surface area contributed by atoms with Crippen LogP contribution in [0.2, 0.25) is 0 Å². The molecule has 9 atom stereocenters. The van der Waals surface area contributed by atoms with E-state index >= 15 is 0 Å². The minimum absolute atomic E-state index is 0.0401. The molecule has 0 bridgehead atoms. The maximum Gasteiger partial charge on any atom is 0.0648 e. The number of allylic oxidation sites excluding steroid dienone is 2. The minimum atomic E-state index is 0.0401. The van der Waals surface area contributed by atoms with E-state index in [9.17, 15) is 0 Å². The molecule has 1 aliphatic heterocycles. The Morgan fingerprint density at radius 1 is 0.964 bits per heavy atom. The molecule has 4 aliphatic carbocycles. The summed E-state index contributed by atoms with van der Waals surface area (Å²) in [6, 6.07) is 0.414. The molecular formula is C26H43NO. The average Bonchev–Trinajstić information content (AvgIpc) is 3.12. The van der Waals surface area contributed by atoms with Crippen molar-refractivity contribution in [2.45, 2.75) is 111 Å². The molecule has 5 aliphatic rings. The smallest absolute Gasteiger partial charge is 0.0648 e. The first kappa shape index (κ1) is 19.6. The SMILES string of the molecule is CC(C)=C1CCC2C3C4OC(C)(C)C[C@@H]4C4C[C@H](N)CCC4(C)C3CCC12C. The van der Waals surface area contributed by atoms with E-state index in [2.05, 4.69) is 41.5 Å². The molecule has 1 saturated heterocycles. The summed E-state index contributed by atoms with van der Waals surface area (Å²) in [6.07, 6.45) is 11.1. The number of ether oxygens (including phenoxy) is 1. The number of hydrogen-bond acceptors (Lipinski definition) is 2. The van der Waals surface area contributed by atoms with Gasteiger partial charge in [-0.15, -0.1) is 0 Å². The first-order valence-electron chi connectivity index (χ1n) is 12.2. The van der Waals surface area contributed by atoms with Gasteiger partial charge >= 0.3 is 0 Å². The van der Waals surface area contributed by atoms with E-state index in [0.29, 0.717) is 23.0 Å². The third-order valence-electron chi connectivity index (χ3n) is 10.5. The van der Waals surface area contributed by atoms with Crippen molar-refractivity contribution in [3.05, 3.63) is 11.1 Å². The molecule has 0 radical (unpaired) electrons. The van der Waals surface area contributed by atoms with E-state index in [1.165, 1.54) is 51.4 Å². The van der Waals surface area contributed by atoms with E-state index < -0.39 is 0 Å². The summed E-state index contributed by atoms with van der Waals surface area (Å²) >= 11 is 0. The highest BCUT2D eigenvalue weighted by molar-refractivity contribution is 5.28. The highest BCUT2D eigenvalue weighted by Gasteiger charge is 2.67. The fourth-order valence-electron chi connectivity index (χ4n) is 9.50. The van der Waals surface area contributed by atoms with Gasteiger partial charge in [0.15, 0.2) is 0 Å². The molecule has 158 valence electrons. The Hall–Kier alpha value is -0.340. The second-order valence-corrected chi connectivity index (χ2v) is 12.6. The fraction of sp³-hybridized carbons (Fsp3) is 0.923. The van der Waals surface area contributed by atoms with Gasteiger partial charge < -0.3 is 10.5 Å². The van der Waals surface area contributed by atoms with Crippen molar-refractivity contribution >= 4 is 0 Å². The van der Waals surface area contributed by atoms with Gasteiger partial charge in [0, 0.05) is 6.04 Å². The topological polar surface area (TPSA) is 35.2 Å². The number of fused-ring (bicyclic) bond motifs is 8. The Labute approximate surface area is 173 Å². The highest BCUT2D eigenvalue weighted by Crippen LogP contribution is 2.70. The molecule has 5 rings (SSSR count). The molecule has 0 aromatic carbocycles. The van der Waals surface area contributed by atoms with Gasteiger partial charge in [0.05, 0.1) is 11.7 Å². The summed E-state index contributed by atoms with van der Waals surface area (Å²) < 4.78 is 6.94. The Balaban J connectivity index is 1.59. The molecular weight excluding hydrogens is 342 g/mol. The van der Waals surface area contributed by atoms with Crippen molar-refractivity contribution in [2.75, 3.05) is 0 Å². The lowest BCUT2D eigenvalue weighted by Crippen LogP contribution is -2.61. The van der Waals surface area contributed by atoms with Crippen molar-refractivity contribution in [2.24, 2.45) is 46.2 Å². The first-order chi connectivity index (χ1) is 13.1. The first-order valence-corrected chi connectivity index (χ1v) is 12.2. The Morgan fingerprint density at radius 3 is 2.43 bits per heavy atom. The summed E-state index contributed by atoms with van der Waals surface area (Å²) in [6.45, 7) is 14.7. The maximum atomic E-state index is 6.94. The van der Waals surface area contributed by atoms with Crippen LogP contribution in [0.15, 0.2) is 11.1 Å². The highest BCUT2D eigenvalue weighted by atomic mass is 16.5. The van der Waals surface area contributed by atoms with Crippen LogP contribution in [0.1, 0.15) is 92.9 Å². The van der Waals surface area contributed by atoms with Crippen LogP contribution >= 0.6 is 0 Å². The molecule has 0 aromatic heterocycles. The van der Waals surface area contributed by atoms with Gasteiger partial charge in [0.1, 0.15) is 0 Å². The molecule has 2 heteroatoms. The molecule has 5 fully saturated rings. The molecule has 1 heterocycles. The predicted octanol–water partition coefficient (Wildman–Crippen LogP) is 6.10. The minimum Gasteiger partial charge on any atom is -0.372 e.